The highest BCUT2D eigenvalue weighted by atomic mass is 16.5. The molecular formula is C15H19NO2. The van der Waals surface area contributed by atoms with Gasteiger partial charge in [0.1, 0.15) is 6.61 Å². The van der Waals surface area contributed by atoms with Crippen molar-refractivity contribution in [1.82, 2.24) is 5.32 Å². The van der Waals surface area contributed by atoms with Crippen molar-refractivity contribution in [2.75, 3.05) is 0 Å². The lowest BCUT2D eigenvalue weighted by atomic mass is 10.1. The second-order valence-electron chi connectivity index (χ2n) is 4.01. The number of allylic oxidation sites excluding steroid dienone is 3. The zero-order valence-electron chi connectivity index (χ0n) is 11.1. The van der Waals surface area contributed by atoms with Crippen LogP contribution in [-0.2, 0) is 11.3 Å². The molecule has 0 saturated heterocycles. The summed E-state index contributed by atoms with van der Waals surface area (Å²) in [4.78, 5) is 11.4. The molecule has 0 fully saturated rings. The van der Waals surface area contributed by atoms with Gasteiger partial charge in [0.2, 0.25) is 0 Å². The molecule has 0 spiro atoms. The fraction of sp³-hybridized carbons (Fsp3) is 0.267. The molecule has 1 aromatic rings. The fourth-order valence-electron chi connectivity index (χ4n) is 1.27. The summed E-state index contributed by atoms with van der Waals surface area (Å²) in [6, 6.07) is 9.58. The van der Waals surface area contributed by atoms with Crippen LogP contribution in [0.15, 0.2) is 53.8 Å². The van der Waals surface area contributed by atoms with E-state index in [0.29, 0.717) is 0 Å². The van der Waals surface area contributed by atoms with Crippen LogP contribution in [0, 0.1) is 0 Å². The summed E-state index contributed by atoms with van der Waals surface area (Å²) in [5, 5.41) is 2.60. The molecule has 0 bridgehead atoms. The molecule has 0 atom stereocenters. The molecule has 0 aliphatic rings. The van der Waals surface area contributed by atoms with Gasteiger partial charge in [0.25, 0.3) is 0 Å². The van der Waals surface area contributed by atoms with E-state index in [2.05, 4.69) is 5.32 Å². The highest BCUT2D eigenvalue weighted by molar-refractivity contribution is 5.68. The van der Waals surface area contributed by atoms with Crippen LogP contribution in [-0.4, -0.2) is 6.09 Å². The van der Waals surface area contributed by atoms with Crippen molar-refractivity contribution in [1.29, 1.82) is 0 Å². The highest BCUT2D eigenvalue weighted by Crippen LogP contribution is 2.06. The van der Waals surface area contributed by atoms with E-state index in [1.807, 2.05) is 57.2 Å². The van der Waals surface area contributed by atoms with Crippen LogP contribution >= 0.6 is 0 Å². The molecule has 0 aromatic heterocycles. The predicted octanol–water partition coefficient (Wildman–Crippen LogP) is 3.78. The zero-order chi connectivity index (χ0) is 13.4. The maximum Gasteiger partial charge on any atom is 0.411 e. The van der Waals surface area contributed by atoms with Gasteiger partial charge in [0.05, 0.1) is 0 Å². The van der Waals surface area contributed by atoms with Crippen molar-refractivity contribution in [2.45, 2.75) is 27.4 Å². The Hall–Kier alpha value is -2.03. The van der Waals surface area contributed by atoms with E-state index in [9.17, 15) is 4.79 Å². The van der Waals surface area contributed by atoms with Crippen LogP contribution in [0.1, 0.15) is 26.3 Å². The van der Waals surface area contributed by atoms with Gasteiger partial charge in [-0.2, -0.15) is 0 Å². The average Bonchev–Trinajstić information content (AvgIpc) is 2.42. The van der Waals surface area contributed by atoms with E-state index in [0.717, 1.165) is 16.7 Å². The highest BCUT2D eigenvalue weighted by Gasteiger charge is 2.00. The van der Waals surface area contributed by atoms with Crippen molar-refractivity contribution >= 4 is 6.09 Å². The van der Waals surface area contributed by atoms with Crippen LogP contribution in [0.5, 0.6) is 0 Å². The Bertz CT molecular complexity index is 447. The number of benzene rings is 1. The Labute approximate surface area is 108 Å². The molecule has 0 heterocycles. The Morgan fingerprint density at radius 3 is 2.50 bits per heavy atom. The fourth-order valence-corrected chi connectivity index (χ4v) is 1.27. The lowest BCUT2D eigenvalue weighted by Gasteiger charge is -2.05. The Morgan fingerprint density at radius 2 is 1.89 bits per heavy atom. The maximum atomic E-state index is 11.4. The van der Waals surface area contributed by atoms with Crippen molar-refractivity contribution in [3.63, 3.8) is 0 Å². The smallest absolute Gasteiger partial charge is 0.411 e. The molecule has 3 nitrogen and oxygen atoms in total. The molecule has 1 amide bonds. The van der Waals surface area contributed by atoms with Crippen molar-refractivity contribution < 1.29 is 9.53 Å². The Morgan fingerprint density at radius 1 is 1.22 bits per heavy atom. The van der Waals surface area contributed by atoms with E-state index < -0.39 is 6.09 Å². The first-order valence-electron chi connectivity index (χ1n) is 5.90. The quantitative estimate of drug-likeness (QED) is 0.820. The van der Waals surface area contributed by atoms with Gasteiger partial charge in [-0.05, 0) is 31.9 Å². The average molecular weight is 245 g/mol. The number of ether oxygens (including phenoxy) is 1. The van der Waals surface area contributed by atoms with E-state index in [1.54, 1.807) is 6.20 Å². The minimum absolute atomic E-state index is 0.280. The van der Waals surface area contributed by atoms with Gasteiger partial charge in [-0.3, -0.25) is 5.32 Å². The number of nitrogens with one attached hydrogen (secondary N) is 1. The number of alkyl carbamates (subject to hydrolysis) is 1. The van der Waals surface area contributed by atoms with Gasteiger partial charge in [-0.15, -0.1) is 0 Å². The maximum absolute atomic E-state index is 11.4. The standard InChI is InChI=1S/C15H19NO2/c1-4-12(2)13(3)10-16-15(17)18-11-14-8-6-5-7-9-14/h4-10H,11H2,1-3H3,(H,16,17)/b12-4+,13-10+. The van der Waals surface area contributed by atoms with Gasteiger partial charge < -0.3 is 4.74 Å². The van der Waals surface area contributed by atoms with E-state index in [1.165, 1.54) is 0 Å². The number of carbonyl (C=O) groups excluding carboxylic acids is 1. The van der Waals surface area contributed by atoms with Crippen LogP contribution < -0.4 is 5.32 Å². The van der Waals surface area contributed by atoms with E-state index in [4.69, 9.17) is 4.74 Å². The number of hydrogen-bond donors (Lipinski definition) is 1. The first-order valence-corrected chi connectivity index (χ1v) is 5.90. The Kier molecular flexibility index (Phi) is 5.71. The number of hydrogen-bond acceptors (Lipinski definition) is 2. The zero-order valence-corrected chi connectivity index (χ0v) is 11.1. The minimum atomic E-state index is -0.442. The molecule has 0 saturated carbocycles. The molecular weight excluding hydrogens is 226 g/mol. The van der Waals surface area contributed by atoms with Gasteiger partial charge in [0, 0.05) is 6.20 Å². The number of carbonyl (C=O) groups is 1. The normalized spacial score (nSPS) is 12.2. The minimum Gasteiger partial charge on any atom is -0.444 e. The summed E-state index contributed by atoms with van der Waals surface area (Å²) < 4.78 is 5.08. The molecule has 0 aliphatic carbocycles. The number of rotatable bonds is 4. The molecule has 0 aliphatic heterocycles. The van der Waals surface area contributed by atoms with Crippen LogP contribution in [0.4, 0.5) is 4.79 Å². The number of amides is 1. The summed E-state index contributed by atoms with van der Waals surface area (Å²) in [5.74, 6) is 0. The molecule has 1 aromatic carbocycles. The molecule has 1 rings (SSSR count). The van der Waals surface area contributed by atoms with Crippen molar-refractivity contribution in [2.24, 2.45) is 0 Å². The predicted molar refractivity (Wildman–Crippen MR) is 73.0 cm³/mol. The lowest BCUT2D eigenvalue weighted by molar-refractivity contribution is 0.143. The topological polar surface area (TPSA) is 38.3 Å². The van der Waals surface area contributed by atoms with Crippen molar-refractivity contribution in [3.05, 3.63) is 59.3 Å². The molecule has 18 heavy (non-hydrogen) atoms. The van der Waals surface area contributed by atoms with Gasteiger partial charge in [-0.25, -0.2) is 4.79 Å². The van der Waals surface area contributed by atoms with Gasteiger partial charge in [0.15, 0.2) is 0 Å². The van der Waals surface area contributed by atoms with E-state index >= 15 is 0 Å². The molecule has 96 valence electrons. The molecule has 1 N–H and O–H groups in total. The van der Waals surface area contributed by atoms with Gasteiger partial charge >= 0.3 is 6.09 Å². The molecule has 0 unspecified atom stereocenters. The summed E-state index contributed by atoms with van der Waals surface area (Å²) in [6.07, 6.45) is 3.20. The summed E-state index contributed by atoms with van der Waals surface area (Å²) in [5.41, 5.74) is 3.10. The largest absolute Gasteiger partial charge is 0.444 e. The van der Waals surface area contributed by atoms with Gasteiger partial charge in [-0.1, -0.05) is 42.0 Å². The Balaban J connectivity index is 2.39. The first kappa shape index (κ1) is 14.0. The van der Waals surface area contributed by atoms with Crippen LogP contribution in [0.2, 0.25) is 0 Å². The third kappa shape index (κ3) is 4.87. The summed E-state index contributed by atoms with van der Waals surface area (Å²) in [7, 11) is 0. The summed E-state index contributed by atoms with van der Waals surface area (Å²) >= 11 is 0. The van der Waals surface area contributed by atoms with Crippen molar-refractivity contribution in [3.8, 4) is 0 Å². The van der Waals surface area contributed by atoms with Crippen LogP contribution in [0.3, 0.4) is 0 Å². The molecule has 0 radical (unpaired) electrons. The third-order valence-corrected chi connectivity index (χ3v) is 2.67. The second-order valence-corrected chi connectivity index (χ2v) is 4.01. The molecule has 3 heteroatoms. The monoisotopic (exact) mass is 245 g/mol. The van der Waals surface area contributed by atoms with E-state index in [-0.39, 0.29) is 6.61 Å². The summed E-state index contributed by atoms with van der Waals surface area (Å²) in [6.45, 7) is 6.16. The lowest BCUT2D eigenvalue weighted by Crippen LogP contribution is -2.18. The van der Waals surface area contributed by atoms with Crippen LogP contribution in [0.25, 0.3) is 0 Å². The second kappa shape index (κ2) is 7.33. The SMILES string of the molecule is C/C=C(C)/C(C)=C/NC(=O)OCc1ccccc1. The third-order valence-electron chi connectivity index (χ3n) is 2.67. The first-order chi connectivity index (χ1) is 8.63.